The van der Waals surface area contributed by atoms with Gasteiger partial charge in [0.2, 0.25) is 0 Å². The topological polar surface area (TPSA) is 115 Å². The summed E-state index contributed by atoms with van der Waals surface area (Å²) < 4.78 is 22.0. The summed E-state index contributed by atoms with van der Waals surface area (Å²) in [5, 5.41) is 32.2. The molecule has 0 aliphatic carbocycles. The standard InChI is InChI=1S/C27H31ClO8/c1-4-10-33-14-19-13-22(28)18(11-17-6-8-20(9-7-17)34-5-2)12-21(19)27-26(32)25(31)24(30)23(36-27)15-35-16(3)29/h1,6-9,12-13,23-27,30-32H,5,10-11,14-15H2,2-3H3/t23-,24+,25-,26-,27+/m1/s1. The van der Waals surface area contributed by atoms with Crippen molar-refractivity contribution in [2.24, 2.45) is 0 Å². The fraction of sp³-hybridized carbons (Fsp3) is 0.444. The predicted octanol–water partition coefficient (Wildman–Crippen LogP) is 2.57. The van der Waals surface area contributed by atoms with Crippen molar-refractivity contribution >= 4 is 17.6 Å². The summed E-state index contributed by atoms with van der Waals surface area (Å²) >= 11 is 6.61. The van der Waals surface area contributed by atoms with Crippen molar-refractivity contribution in [2.45, 2.75) is 57.4 Å². The minimum atomic E-state index is -1.53. The van der Waals surface area contributed by atoms with Gasteiger partial charge in [0, 0.05) is 11.9 Å². The summed E-state index contributed by atoms with van der Waals surface area (Å²) in [6, 6.07) is 11.1. The number of hydrogen-bond donors (Lipinski definition) is 3. The van der Waals surface area contributed by atoms with Crippen molar-refractivity contribution in [1.82, 2.24) is 0 Å². The third-order valence-corrected chi connectivity index (χ3v) is 6.20. The molecule has 1 aliphatic heterocycles. The molecule has 0 bridgehead atoms. The molecule has 2 aromatic carbocycles. The molecule has 0 unspecified atom stereocenters. The predicted molar refractivity (Wildman–Crippen MR) is 133 cm³/mol. The van der Waals surface area contributed by atoms with Crippen molar-refractivity contribution in [1.29, 1.82) is 0 Å². The van der Waals surface area contributed by atoms with Crippen LogP contribution in [-0.4, -0.2) is 65.5 Å². The Labute approximate surface area is 215 Å². The highest BCUT2D eigenvalue weighted by Crippen LogP contribution is 2.37. The van der Waals surface area contributed by atoms with E-state index in [4.69, 9.17) is 37.0 Å². The number of terminal acetylenes is 1. The van der Waals surface area contributed by atoms with Gasteiger partial charge in [0.25, 0.3) is 0 Å². The molecular weight excluding hydrogens is 488 g/mol. The molecule has 0 amide bonds. The Morgan fingerprint density at radius 1 is 1.11 bits per heavy atom. The Morgan fingerprint density at radius 3 is 2.47 bits per heavy atom. The van der Waals surface area contributed by atoms with Gasteiger partial charge in [-0.15, -0.1) is 6.42 Å². The molecule has 2 aromatic rings. The van der Waals surface area contributed by atoms with Crippen LogP contribution in [0.4, 0.5) is 0 Å². The van der Waals surface area contributed by atoms with Crippen LogP contribution in [0.3, 0.4) is 0 Å². The number of carbonyl (C=O) groups is 1. The van der Waals surface area contributed by atoms with Crippen molar-refractivity contribution in [3.8, 4) is 18.1 Å². The normalized spacial score (nSPS) is 23.6. The number of carbonyl (C=O) groups excluding carboxylic acids is 1. The molecule has 1 saturated heterocycles. The number of benzene rings is 2. The van der Waals surface area contributed by atoms with E-state index < -0.39 is 36.5 Å². The second-order valence-electron chi connectivity index (χ2n) is 8.46. The first kappa shape index (κ1) is 27.9. The highest BCUT2D eigenvalue weighted by Gasteiger charge is 2.45. The highest BCUT2D eigenvalue weighted by atomic mass is 35.5. The van der Waals surface area contributed by atoms with Gasteiger partial charge in [-0.3, -0.25) is 4.79 Å². The second kappa shape index (κ2) is 13.1. The van der Waals surface area contributed by atoms with Crippen LogP contribution in [0.5, 0.6) is 5.75 Å². The largest absolute Gasteiger partial charge is 0.494 e. The number of rotatable bonds is 10. The summed E-state index contributed by atoms with van der Waals surface area (Å²) in [6.45, 7) is 3.58. The van der Waals surface area contributed by atoms with Crippen LogP contribution in [0, 0.1) is 12.3 Å². The molecule has 5 atom stereocenters. The van der Waals surface area contributed by atoms with E-state index in [1.54, 1.807) is 12.1 Å². The minimum absolute atomic E-state index is 0.0650. The minimum Gasteiger partial charge on any atom is -0.494 e. The molecule has 3 rings (SSSR count). The molecule has 3 N–H and O–H groups in total. The number of halogens is 1. The number of aliphatic hydroxyl groups excluding tert-OH is 3. The lowest BCUT2D eigenvalue weighted by Crippen LogP contribution is -2.55. The van der Waals surface area contributed by atoms with Crippen LogP contribution in [0.15, 0.2) is 36.4 Å². The van der Waals surface area contributed by atoms with E-state index >= 15 is 0 Å². The highest BCUT2D eigenvalue weighted by molar-refractivity contribution is 6.31. The summed E-state index contributed by atoms with van der Waals surface area (Å²) in [5.74, 6) is 2.60. The first-order chi connectivity index (χ1) is 17.2. The number of esters is 1. The molecule has 194 valence electrons. The van der Waals surface area contributed by atoms with Crippen molar-refractivity contribution in [3.63, 3.8) is 0 Å². The van der Waals surface area contributed by atoms with Crippen molar-refractivity contribution in [3.05, 3.63) is 63.7 Å². The SMILES string of the molecule is C#CCOCc1cc(Cl)c(Cc2ccc(OCC)cc2)cc1[C@@H]1O[C@H](COC(C)=O)[C@H](O)[C@@H](O)[C@H]1O. The molecule has 0 aromatic heterocycles. The van der Waals surface area contributed by atoms with Gasteiger partial charge in [-0.2, -0.15) is 0 Å². The summed E-state index contributed by atoms with van der Waals surface area (Å²) in [4.78, 5) is 11.3. The zero-order valence-electron chi connectivity index (χ0n) is 20.2. The Bertz CT molecular complexity index is 1060. The smallest absolute Gasteiger partial charge is 0.302 e. The first-order valence-corrected chi connectivity index (χ1v) is 12.0. The van der Waals surface area contributed by atoms with Crippen molar-refractivity contribution in [2.75, 3.05) is 19.8 Å². The fourth-order valence-electron chi connectivity index (χ4n) is 4.06. The maximum absolute atomic E-state index is 11.3. The van der Waals surface area contributed by atoms with Crippen LogP contribution in [0.25, 0.3) is 0 Å². The van der Waals surface area contributed by atoms with E-state index in [1.165, 1.54) is 6.92 Å². The van der Waals surface area contributed by atoms with E-state index in [2.05, 4.69) is 5.92 Å². The van der Waals surface area contributed by atoms with Gasteiger partial charge in [-0.1, -0.05) is 35.7 Å². The number of hydrogen-bond acceptors (Lipinski definition) is 8. The Kier molecular flexibility index (Phi) is 10.1. The Morgan fingerprint density at radius 2 is 1.83 bits per heavy atom. The van der Waals surface area contributed by atoms with Crippen molar-refractivity contribution < 1.29 is 39.1 Å². The van der Waals surface area contributed by atoms with E-state index in [9.17, 15) is 20.1 Å². The molecule has 8 nitrogen and oxygen atoms in total. The lowest BCUT2D eigenvalue weighted by Gasteiger charge is -2.41. The van der Waals surface area contributed by atoms with Gasteiger partial charge in [-0.25, -0.2) is 0 Å². The second-order valence-corrected chi connectivity index (χ2v) is 8.87. The lowest BCUT2D eigenvalue weighted by molar-refractivity contribution is -0.234. The third-order valence-electron chi connectivity index (χ3n) is 5.85. The van der Waals surface area contributed by atoms with Gasteiger partial charge < -0.3 is 34.3 Å². The monoisotopic (exact) mass is 518 g/mol. The van der Waals surface area contributed by atoms with Crippen LogP contribution in [-0.2, 0) is 32.0 Å². The van der Waals surface area contributed by atoms with E-state index in [1.807, 2.05) is 31.2 Å². The zero-order chi connectivity index (χ0) is 26.2. The molecule has 1 fully saturated rings. The van der Waals surface area contributed by atoms with Gasteiger partial charge in [0.15, 0.2) is 0 Å². The summed E-state index contributed by atoms with van der Waals surface area (Å²) in [7, 11) is 0. The van der Waals surface area contributed by atoms with Crippen LogP contribution >= 0.6 is 11.6 Å². The molecule has 9 heteroatoms. The molecule has 0 spiro atoms. The van der Waals surface area contributed by atoms with Gasteiger partial charge in [0.1, 0.15) is 49.5 Å². The van der Waals surface area contributed by atoms with E-state index in [0.717, 1.165) is 16.9 Å². The van der Waals surface area contributed by atoms with Gasteiger partial charge in [-0.05, 0) is 53.8 Å². The first-order valence-electron chi connectivity index (χ1n) is 11.6. The average Bonchev–Trinajstić information content (AvgIpc) is 2.85. The molecule has 1 heterocycles. The third kappa shape index (κ3) is 6.98. The van der Waals surface area contributed by atoms with E-state index in [-0.39, 0.29) is 19.8 Å². The fourth-order valence-corrected chi connectivity index (χ4v) is 4.31. The number of aliphatic hydroxyl groups is 3. The maximum Gasteiger partial charge on any atom is 0.302 e. The maximum atomic E-state index is 11.3. The Balaban J connectivity index is 1.95. The zero-order valence-corrected chi connectivity index (χ0v) is 21.0. The van der Waals surface area contributed by atoms with E-state index in [0.29, 0.717) is 29.2 Å². The number of ether oxygens (including phenoxy) is 4. The summed E-state index contributed by atoms with van der Waals surface area (Å²) in [5.41, 5.74) is 2.86. The lowest BCUT2D eigenvalue weighted by atomic mass is 9.87. The molecule has 0 radical (unpaired) electrons. The van der Waals surface area contributed by atoms with Crippen LogP contribution in [0.1, 0.15) is 42.2 Å². The molecule has 0 saturated carbocycles. The quantitative estimate of drug-likeness (QED) is 0.250. The average molecular weight is 519 g/mol. The van der Waals surface area contributed by atoms with Crippen LogP contribution in [0.2, 0.25) is 5.02 Å². The van der Waals surface area contributed by atoms with Crippen LogP contribution < -0.4 is 4.74 Å². The molecule has 1 aliphatic rings. The molecule has 36 heavy (non-hydrogen) atoms. The summed E-state index contributed by atoms with van der Waals surface area (Å²) in [6.07, 6.45) is -0.770. The molecular formula is C27H31ClO8. The Hall–Kier alpha value is -2.64. The van der Waals surface area contributed by atoms with Gasteiger partial charge in [0.05, 0.1) is 13.2 Å². The van der Waals surface area contributed by atoms with Gasteiger partial charge >= 0.3 is 5.97 Å².